The zero-order chi connectivity index (χ0) is 38.1. The number of carbonyl (C=O) groups is 2. The molecule has 4 aliphatic carbocycles. The van der Waals surface area contributed by atoms with Gasteiger partial charge >= 0.3 is 20.2 Å². The monoisotopic (exact) mass is 762 g/mol. The fourth-order valence-electron chi connectivity index (χ4n) is 12.7. The van der Waals surface area contributed by atoms with Crippen LogP contribution in [0.5, 0.6) is 0 Å². The summed E-state index contributed by atoms with van der Waals surface area (Å²) in [5, 5.41) is 6.45. The summed E-state index contributed by atoms with van der Waals surface area (Å²) in [5.41, 5.74) is 1.70. The zero-order valence-corrected chi connectivity index (χ0v) is 33.8. The second-order valence-corrected chi connectivity index (χ2v) is 18.9. The Hall–Kier alpha value is -3.80. The fraction of sp³-hybridized carbons (Fsp3) is 0.532. The molecule has 0 spiro atoms. The molecule has 10 atom stereocenters. The van der Waals surface area contributed by atoms with E-state index in [9.17, 15) is 9.59 Å². The molecule has 0 aliphatic heterocycles. The van der Waals surface area contributed by atoms with E-state index in [2.05, 4.69) is 93.6 Å². The van der Waals surface area contributed by atoms with Crippen LogP contribution in [-0.4, -0.2) is 31.3 Å². The Morgan fingerprint density at radius 3 is 2.09 bits per heavy atom. The van der Waals surface area contributed by atoms with Gasteiger partial charge in [-0.15, -0.1) is 0 Å². The number of rotatable bonds is 7. The minimum Gasteiger partial charge on any atom is -0.469 e. The van der Waals surface area contributed by atoms with E-state index in [-0.39, 0.29) is 35.0 Å². The van der Waals surface area contributed by atoms with Gasteiger partial charge in [-0.1, -0.05) is 81.4 Å². The number of ether oxygens (including phenoxy) is 2. The number of esters is 2. The third-order valence-corrected chi connectivity index (χ3v) is 16.5. The van der Waals surface area contributed by atoms with Crippen LogP contribution in [0.2, 0.25) is 0 Å². The highest BCUT2D eigenvalue weighted by Crippen LogP contribution is 2.69. The molecule has 5 aromatic rings. The third kappa shape index (κ3) is 6.20. The highest BCUT2D eigenvalue weighted by molar-refractivity contribution is 7.31. The van der Waals surface area contributed by atoms with Crippen molar-refractivity contribution >= 4 is 63.7 Å². The van der Waals surface area contributed by atoms with Crippen LogP contribution in [-0.2, 0) is 19.1 Å². The quantitative estimate of drug-likeness (QED) is 0.153. The zero-order valence-electron chi connectivity index (χ0n) is 32.9. The van der Waals surface area contributed by atoms with Crippen LogP contribution in [0.25, 0.3) is 43.5 Å². The first kappa shape index (κ1) is 36.8. The van der Waals surface area contributed by atoms with Crippen LogP contribution in [0.3, 0.4) is 0 Å². The van der Waals surface area contributed by atoms with E-state index >= 15 is 0 Å². The lowest BCUT2D eigenvalue weighted by Gasteiger charge is -2.62. The first-order valence-corrected chi connectivity index (χ1v) is 21.8. The molecule has 4 aliphatic rings. The van der Waals surface area contributed by atoms with Crippen LogP contribution in [0.1, 0.15) is 91.9 Å². The van der Waals surface area contributed by atoms with Gasteiger partial charge in [0.05, 0.1) is 13.2 Å². The molecule has 0 unspecified atom stereocenters. The van der Waals surface area contributed by atoms with E-state index < -0.39 is 8.24 Å². The van der Waals surface area contributed by atoms with Gasteiger partial charge in [-0.2, -0.15) is 0 Å². The van der Waals surface area contributed by atoms with Crippen molar-refractivity contribution in [1.82, 2.24) is 0 Å². The van der Waals surface area contributed by atoms with E-state index in [1.807, 2.05) is 0 Å². The van der Waals surface area contributed by atoms with Crippen molar-refractivity contribution in [3.8, 4) is 0 Å². The second-order valence-electron chi connectivity index (χ2n) is 17.9. The Balaban J connectivity index is 1.02. The maximum Gasteiger partial charge on any atom is 0.387 e. The van der Waals surface area contributed by atoms with Gasteiger partial charge in [0, 0.05) is 40.3 Å². The third-order valence-electron chi connectivity index (χ3n) is 15.4. The minimum absolute atomic E-state index is 0.0281. The van der Waals surface area contributed by atoms with Crippen LogP contribution in [0.15, 0.2) is 81.2 Å². The molecule has 1 aromatic heterocycles. The first-order chi connectivity index (χ1) is 26.6. The number of hydrogen-bond acceptors (Lipinski definition) is 7. The smallest absolute Gasteiger partial charge is 0.387 e. The molecule has 4 saturated carbocycles. The van der Waals surface area contributed by atoms with Crippen molar-refractivity contribution < 1.29 is 32.0 Å². The normalized spacial score (nSPS) is 32.1. The molecule has 0 bridgehead atoms. The number of methoxy groups -OCH3 is 1. The van der Waals surface area contributed by atoms with Gasteiger partial charge in [-0.05, 0) is 122 Å². The molecule has 0 N–H and O–H groups in total. The van der Waals surface area contributed by atoms with E-state index in [4.69, 9.17) is 22.4 Å². The average molecular weight is 763 g/mol. The summed E-state index contributed by atoms with van der Waals surface area (Å²) in [6.45, 7) is 8.83. The second kappa shape index (κ2) is 14.3. The maximum absolute atomic E-state index is 12.7. The molecule has 290 valence electrons. The Bertz CT molecular complexity index is 2220. The minimum atomic E-state index is -1.74. The summed E-state index contributed by atoms with van der Waals surface area (Å²) >= 11 is 0. The van der Waals surface area contributed by atoms with Gasteiger partial charge in [0.15, 0.2) is 11.2 Å². The lowest BCUT2D eigenvalue weighted by atomic mass is 9.43. The lowest BCUT2D eigenvalue weighted by molar-refractivity contribution is -0.195. The molecule has 55 heavy (non-hydrogen) atoms. The van der Waals surface area contributed by atoms with Gasteiger partial charge in [0.2, 0.25) is 0 Å². The van der Waals surface area contributed by atoms with Crippen molar-refractivity contribution in [2.24, 2.45) is 46.3 Å². The molecule has 4 aromatic carbocycles. The molecule has 0 saturated heterocycles. The van der Waals surface area contributed by atoms with Crippen LogP contribution in [0.4, 0.5) is 0 Å². The van der Waals surface area contributed by atoms with Gasteiger partial charge < -0.3 is 17.9 Å². The molecule has 0 radical (unpaired) electrons. The predicted octanol–water partition coefficient (Wildman–Crippen LogP) is 12.2. The van der Waals surface area contributed by atoms with Crippen molar-refractivity contribution in [2.75, 3.05) is 7.11 Å². The van der Waals surface area contributed by atoms with Crippen LogP contribution < -0.4 is 4.52 Å². The first-order valence-electron chi connectivity index (χ1n) is 20.7. The highest BCUT2D eigenvalue weighted by atomic mass is 31.1. The van der Waals surface area contributed by atoms with Gasteiger partial charge in [-0.3, -0.25) is 14.1 Å². The molecule has 1 heterocycles. The Kier molecular flexibility index (Phi) is 9.57. The number of carbonyl (C=O) groups excluding carboxylic acids is 2. The summed E-state index contributed by atoms with van der Waals surface area (Å²) in [6, 6.07) is 25.4. The highest BCUT2D eigenvalue weighted by Gasteiger charge is 2.65. The fourth-order valence-corrected chi connectivity index (χ4v) is 13.9. The van der Waals surface area contributed by atoms with Gasteiger partial charge in [0.25, 0.3) is 0 Å². The Morgan fingerprint density at radius 2 is 1.45 bits per heavy atom. The Morgan fingerprint density at radius 1 is 0.800 bits per heavy atom. The van der Waals surface area contributed by atoms with Gasteiger partial charge in [0.1, 0.15) is 6.10 Å². The molecular formula is C47H55O7P. The lowest BCUT2D eigenvalue weighted by Crippen LogP contribution is -2.59. The molecule has 0 amide bonds. The predicted molar refractivity (Wildman–Crippen MR) is 218 cm³/mol. The SMILES string of the molecule is COC(=O)CC[C@@H](C)[C@H]1CC[C@H]2[C@@H]3CC[C@@H]4C[C@H](Op5oc6c7ccccc7ccc6c6ccc7ccccc7c6o5)CC[C@]4(C)[C@H]3C[C@H](OC(C)=O)[C@]12C. The maximum atomic E-state index is 12.7. The van der Waals surface area contributed by atoms with Crippen LogP contribution in [0, 0.1) is 46.3 Å². The Labute approximate surface area is 325 Å². The van der Waals surface area contributed by atoms with E-state index in [0.717, 1.165) is 82.0 Å². The summed E-state index contributed by atoms with van der Waals surface area (Å²) in [7, 11) is -0.268. The largest absolute Gasteiger partial charge is 0.469 e. The van der Waals surface area contributed by atoms with Crippen molar-refractivity contribution in [2.45, 2.75) is 104 Å². The summed E-state index contributed by atoms with van der Waals surface area (Å²) in [4.78, 5) is 24.8. The molecule has 7 nitrogen and oxygen atoms in total. The van der Waals surface area contributed by atoms with Crippen molar-refractivity contribution in [1.29, 1.82) is 0 Å². The number of hydrogen-bond donors (Lipinski definition) is 0. The van der Waals surface area contributed by atoms with E-state index in [1.54, 1.807) is 6.92 Å². The van der Waals surface area contributed by atoms with Gasteiger partial charge in [-0.25, -0.2) is 0 Å². The van der Waals surface area contributed by atoms with Crippen molar-refractivity contribution in [3.05, 3.63) is 72.8 Å². The summed E-state index contributed by atoms with van der Waals surface area (Å²) in [6.07, 6.45) is 9.75. The molecular weight excluding hydrogens is 707 g/mol. The number of benzene rings is 4. The number of fused-ring (bicyclic) bond motifs is 12. The average Bonchev–Trinajstić information content (AvgIpc) is 3.46. The topological polar surface area (TPSA) is 88.1 Å². The van der Waals surface area contributed by atoms with Crippen molar-refractivity contribution in [3.63, 3.8) is 0 Å². The van der Waals surface area contributed by atoms with E-state index in [0.29, 0.717) is 41.9 Å². The molecule has 4 fully saturated rings. The molecule has 9 rings (SSSR count). The summed E-state index contributed by atoms with van der Waals surface area (Å²) < 4.78 is 32.1. The van der Waals surface area contributed by atoms with E-state index in [1.165, 1.54) is 26.4 Å². The van der Waals surface area contributed by atoms with Crippen LogP contribution >= 0.6 is 8.24 Å². The summed E-state index contributed by atoms with van der Waals surface area (Å²) in [5.74, 6) is 2.56. The standard InChI is InChI=1S/C47H55O7P/c1-28(14-23-43(49)50-5)39-21-22-40-38-20-17-32-26-33(24-25-46(32,3)41(38)27-42(47(39,40)4)51-29(2)48)52-55-53-44-34-12-8-6-10-30(34)15-18-36(44)37-19-16-31-11-7-9-13-35(31)45(37)54-55/h6-13,15-16,18-19,28,32-33,38-42H,14,17,20-27H2,1-5H3/t28-,32-,33-,38+,39-,40+,41+,42+,46+,47-/m1/s1. The molecule has 8 heteroatoms.